The maximum Gasteiger partial charge on any atom is 0.135 e. The summed E-state index contributed by atoms with van der Waals surface area (Å²) in [7, 11) is 0. The Bertz CT molecular complexity index is 3850. The van der Waals surface area contributed by atoms with E-state index in [4.69, 9.17) is 29.1 Å². The van der Waals surface area contributed by atoms with E-state index in [1.54, 1.807) is 0 Å². The minimum atomic E-state index is -1.05. The van der Waals surface area contributed by atoms with Gasteiger partial charge in [0.2, 0.25) is 0 Å². The Morgan fingerprint density at radius 3 is 1.63 bits per heavy atom. The highest BCUT2D eigenvalue weighted by Gasteiger charge is 2.20. The molecule has 0 fully saturated rings. The fraction of sp³-hybridized carbons (Fsp3) is 0. The van der Waals surface area contributed by atoms with Crippen LogP contribution in [0.15, 0.2) is 162 Å². The number of hydrogen-bond acceptors (Lipinski definition) is 1. The molecule has 0 atom stereocenters. The number of benzene rings is 8. The van der Waals surface area contributed by atoms with Gasteiger partial charge in [-0.25, -0.2) is 0 Å². The Morgan fingerprint density at radius 2 is 0.930 bits per heavy atom. The quantitative estimate of drug-likeness (QED) is 0.192. The third-order valence-corrected chi connectivity index (χ3v) is 7.01. The highest BCUT2D eigenvalue weighted by molar-refractivity contribution is 6.25. The van der Waals surface area contributed by atoms with Crippen LogP contribution in [0.1, 0.15) is 35.6 Å². The molecule has 9 rings (SSSR count). The van der Waals surface area contributed by atoms with E-state index >= 15 is 0 Å². The standard InChI is InChI=1S/C42H26O/c1-2-12-27(13-3-1)30-21-10-14-28-15-11-22-36(40(28)30)42-34-19-6-4-17-32(34)41(33-18-5-7-20-35(33)42)29-24-25-39-37(26-29)31-16-8-9-23-38(31)43-39/h1-26H/i1D,2D,3D,4D,5D,6D,7D,8D,9D,10D,11D,12D,13D,14D,15D,16D,17D,18D,19D,20D,21D,22D,23D,24D,25D,26D. The number of rotatable bonds is 3. The summed E-state index contributed by atoms with van der Waals surface area (Å²) in [5.41, 5.74) is -5.69. The van der Waals surface area contributed by atoms with Crippen molar-refractivity contribution in [3.63, 3.8) is 0 Å². The van der Waals surface area contributed by atoms with Gasteiger partial charge >= 0.3 is 0 Å². The molecule has 0 saturated carbocycles. The van der Waals surface area contributed by atoms with Crippen molar-refractivity contribution < 1.29 is 40.1 Å². The Balaban J connectivity index is 1.69. The molecule has 1 heteroatoms. The van der Waals surface area contributed by atoms with Gasteiger partial charge in [-0.05, 0) is 83.8 Å². The van der Waals surface area contributed by atoms with Crippen molar-refractivity contribution in [2.75, 3.05) is 0 Å². The second-order valence-corrected chi connectivity index (χ2v) is 9.26. The summed E-state index contributed by atoms with van der Waals surface area (Å²) in [5, 5.41) is -5.37. The monoisotopic (exact) mass is 572 g/mol. The van der Waals surface area contributed by atoms with Crippen molar-refractivity contribution in [3.05, 3.63) is 157 Å². The van der Waals surface area contributed by atoms with Crippen LogP contribution in [-0.4, -0.2) is 0 Å². The van der Waals surface area contributed by atoms with Crippen LogP contribution in [0.4, 0.5) is 0 Å². The zero-order valence-electron chi connectivity index (χ0n) is 47.4. The SMILES string of the molecule is [2H]c1c([2H])c([2H])c(-c2c([2H])c([2H])c([2H])c3c([2H])c([2H])c([2H])c(-c4c5c([2H])c([2H])c([2H])c([2H])c5c(-c5c([2H])c([2H])c6oc7c([2H])c([2H])c([2H])c([2H])c7c6c5[2H])c5c([2H])c([2H])c([2H])c([2H])c45)c23)c([2H])c1[2H]. The fourth-order valence-electron chi connectivity index (χ4n) is 5.27. The molecule has 1 nitrogen and oxygen atoms in total. The average molecular weight is 573 g/mol. The Hall–Kier alpha value is -5.66. The lowest BCUT2D eigenvalue weighted by atomic mass is 9.83. The maximum atomic E-state index is 9.67. The molecule has 0 saturated heterocycles. The van der Waals surface area contributed by atoms with E-state index in [9.17, 15) is 11.0 Å². The van der Waals surface area contributed by atoms with Crippen LogP contribution >= 0.6 is 0 Å². The molecule has 0 aliphatic heterocycles. The largest absolute Gasteiger partial charge is 0.456 e. The summed E-state index contributed by atoms with van der Waals surface area (Å²) in [5.74, 6) is 0. The summed E-state index contributed by atoms with van der Waals surface area (Å²) in [4.78, 5) is 0. The molecule has 9 aromatic rings. The summed E-state index contributed by atoms with van der Waals surface area (Å²) < 4.78 is 239. The predicted octanol–water partition coefficient (Wildman–Crippen LogP) is 12.0. The molecular weight excluding hydrogens is 520 g/mol. The molecule has 200 valence electrons. The van der Waals surface area contributed by atoms with E-state index < -0.39 is 245 Å². The molecule has 0 unspecified atom stereocenters. The Kier molecular flexibility index (Phi) is 2.13. The first-order chi connectivity index (χ1) is 32.2. The lowest BCUT2D eigenvalue weighted by Gasteiger charge is -2.20. The van der Waals surface area contributed by atoms with Gasteiger partial charge in [-0.2, -0.15) is 0 Å². The molecule has 0 N–H and O–H groups in total. The van der Waals surface area contributed by atoms with Gasteiger partial charge in [0.05, 0.1) is 35.6 Å². The molecule has 0 amide bonds. The van der Waals surface area contributed by atoms with Gasteiger partial charge in [0.15, 0.2) is 0 Å². The third-order valence-electron chi connectivity index (χ3n) is 7.01. The zero-order valence-corrected chi connectivity index (χ0v) is 21.4. The normalized spacial score (nSPS) is 20.2. The van der Waals surface area contributed by atoms with Crippen molar-refractivity contribution in [1.29, 1.82) is 0 Å². The van der Waals surface area contributed by atoms with Crippen LogP contribution in [0.3, 0.4) is 0 Å². The van der Waals surface area contributed by atoms with Crippen molar-refractivity contribution in [1.82, 2.24) is 0 Å². The second kappa shape index (κ2) is 9.44. The summed E-state index contributed by atoms with van der Waals surface area (Å²) in [6.07, 6.45) is 0. The molecule has 8 aromatic carbocycles. The van der Waals surface area contributed by atoms with E-state index in [2.05, 4.69) is 0 Å². The molecule has 0 bridgehead atoms. The highest BCUT2D eigenvalue weighted by Crippen LogP contribution is 2.47. The van der Waals surface area contributed by atoms with Crippen LogP contribution in [0.5, 0.6) is 0 Å². The van der Waals surface area contributed by atoms with Gasteiger partial charge in [0.25, 0.3) is 0 Å². The minimum Gasteiger partial charge on any atom is -0.456 e. The van der Waals surface area contributed by atoms with Gasteiger partial charge in [0.1, 0.15) is 11.2 Å². The van der Waals surface area contributed by atoms with Crippen LogP contribution in [0.25, 0.3) is 87.6 Å². The van der Waals surface area contributed by atoms with Crippen LogP contribution in [0, 0.1) is 0 Å². The number of para-hydroxylation sites is 1. The molecule has 43 heavy (non-hydrogen) atoms. The second-order valence-electron chi connectivity index (χ2n) is 9.26. The maximum absolute atomic E-state index is 9.67. The van der Waals surface area contributed by atoms with E-state index in [1.165, 1.54) is 0 Å². The van der Waals surface area contributed by atoms with Crippen LogP contribution in [0.2, 0.25) is 0 Å². The first-order valence-electron chi connectivity index (χ1n) is 25.7. The Labute approximate surface area is 285 Å². The van der Waals surface area contributed by atoms with Gasteiger partial charge in [-0.3, -0.25) is 0 Å². The third kappa shape index (κ3) is 3.65. The molecule has 1 aromatic heterocycles. The number of hydrogen-bond donors (Lipinski definition) is 0. The van der Waals surface area contributed by atoms with E-state index in [0.29, 0.717) is 0 Å². The highest BCUT2D eigenvalue weighted by atomic mass is 16.3. The minimum absolute atomic E-state index is 0.431. The fourth-order valence-corrected chi connectivity index (χ4v) is 5.27. The van der Waals surface area contributed by atoms with E-state index in [1.807, 2.05) is 0 Å². The predicted molar refractivity (Wildman–Crippen MR) is 183 cm³/mol. The lowest BCUT2D eigenvalue weighted by Crippen LogP contribution is -1.92. The van der Waals surface area contributed by atoms with Crippen LogP contribution in [-0.2, 0) is 0 Å². The van der Waals surface area contributed by atoms with Crippen molar-refractivity contribution in [3.8, 4) is 33.4 Å². The van der Waals surface area contributed by atoms with Gasteiger partial charge in [0, 0.05) is 10.8 Å². The summed E-state index contributed by atoms with van der Waals surface area (Å²) >= 11 is 0. The van der Waals surface area contributed by atoms with Crippen molar-refractivity contribution in [2.45, 2.75) is 0 Å². The van der Waals surface area contributed by atoms with E-state index in [0.717, 1.165) is 0 Å². The average Bonchev–Trinajstić information content (AvgIpc) is 3.73. The van der Waals surface area contributed by atoms with E-state index in [-0.39, 0.29) is 0 Å². The lowest BCUT2D eigenvalue weighted by molar-refractivity contribution is 0.669. The van der Waals surface area contributed by atoms with Gasteiger partial charge in [-0.15, -0.1) is 0 Å². The molecular formula is C42H26O. The number of fused-ring (bicyclic) bond motifs is 6. The topological polar surface area (TPSA) is 13.1 Å². The van der Waals surface area contributed by atoms with Gasteiger partial charge < -0.3 is 4.42 Å². The van der Waals surface area contributed by atoms with Crippen molar-refractivity contribution >= 4 is 54.3 Å². The summed E-state index contributed by atoms with van der Waals surface area (Å²) in [6.45, 7) is 0. The molecule has 0 radical (unpaired) electrons. The summed E-state index contributed by atoms with van der Waals surface area (Å²) in [6, 6.07) is -24.3. The molecule has 0 aliphatic carbocycles. The zero-order chi connectivity index (χ0) is 51.0. The Morgan fingerprint density at radius 1 is 0.372 bits per heavy atom. The smallest absolute Gasteiger partial charge is 0.135 e. The van der Waals surface area contributed by atoms with Crippen molar-refractivity contribution in [2.24, 2.45) is 0 Å². The van der Waals surface area contributed by atoms with Crippen LogP contribution < -0.4 is 0 Å². The molecule has 0 aliphatic rings. The first kappa shape index (κ1) is 9.69. The molecule has 1 heterocycles. The van der Waals surface area contributed by atoms with Gasteiger partial charge in [-0.1, -0.05) is 139 Å². The molecule has 0 spiro atoms. The number of furan rings is 1. The first-order valence-corrected chi connectivity index (χ1v) is 12.7.